The first-order chi connectivity index (χ1) is 10.3. The van der Waals surface area contributed by atoms with Gasteiger partial charge in [0.25, 0.3) is 0 Å². The Labute approximate surface area is 126 Å². The SMILES string of the molecule is CC.Cc1ccc(Cn2cc(C=O)c3ccccc32)cc1. The summed E-state index contributed by atoms with van der Waals surface area (Å²) in [4.78, 5) is 11.1. The van der Waals surface area contributed by atoms with Crippen LogP contribution in [0.25, 0.3) is 10.9 Å². The molecule has 0 amide bonds. The Bertz CT molecular complexity index is 723. The molecule has 2 heteroatoms. The Hall–Kier alpha value is -2.35. The third kappa shape index (κ3) is 3.22. The van der Waals surface area contributed by atoms with E-state index in [2.05, 4.69) is 41.8 Å². The molecule has 0 saturated heterocycles. The first kappa shape index (κ1) is 15.0. The molecule has 21 heavy (non-hydrogen) atoms. The predicted molar refractivity (Wildman–Crippen MR) is 89.0 cm³/mol. The van der Waals surface area contributed by atoms with Gasteiger partial charge in [0, 0.05) is 29.2 Å². The molecular formula is C19H21NO. The summed E-state index contributed by atoms with van der Waals surface area (Å²) in [6.07, 6.45) is 2.85. The molecule has 2 nitrogen and oxygen atoms in total. The lowest BCUT2D eigenvalue weighted by atomic mass is 10.1. The lowest BCUT2D eigenvalue weighted by Crippen LogP contribution is -1.97. The first-order valence-corrected chi connectivity index (χ1v) is 7.36. The number of hydrogen-bond acceptors (Lipinski definition) is 1. The van der Waals surface area contributed by atoms with Gasteiger partial charge in [-0.2, -0.15) is 0 Å². The molecule has 0 radical (unpaired) electrons. The van der Waals surface area contributed by atoms with Gasteiger partial charge >= 0.3 is 0 Å². The number of fused-ring (bicyclic) bond motifs is 1. The molecule has 3 rings (SSSR count). The van der Waals surface area contributed by atoms with Gasteiger partial charge < -0.3 is 4.57 Å². The van der Waals surface area contributed by atoms with Crippen LogP contribution in [-0.4, -0.2) is 10.9 Å². The van der Waals surface area contributed by atoms with Crippen molar-refractivity contribution < 1.29 is 4.79 Å². The molecule has 2 aromatic carbocycles. The highest BCUT2D eigenvalue weighted by molar-refractivity contribution is 5.97. The Balaban J connectivity index is 0.000000774. The second-order valence-corrected chi connectivity index (χ2v) is 4.83. The highest BCUT2D eigenvalue weighted by Crippen LogP contribution is 2.21. The summed E-state index contributed by atoms with van der Waals surface area (Å²) >= 11 is 0. The number of hydrogen-bond donors (Lipinski definition) is 0. The van der Waals surface area contributed by atoms with E-state index in [4.69, 9.17) is 0 Å². The quantitative estimate of drug-likeness (QED) is 0.629. The maximum absolute atomic E-state index is 11.1. The zero-order valence-corrected chi connectivity index (χ0v) is 12.8. The van der Waals surface area contributed by atoms with Crippen LogP contribution in [-0.2, 0) is 6.54 Å². The molecular weight excluding hydrogens is 258 g/mol. The lowest BCUT2D eigenvalue weighted by molar-refractivity contribution is 0.112. The van der Waals surface area contributed by atoms with Gasteiger partial charge in [0.05, 0.1) is 0 Å². The van der Waals surface area contributed by atoms with E-state index < -0.39 is 0 Å². The fourth-order valence-electron chi connectivity index (χ4n) is 2.39. The summed E-state index contributed by atoms with van der Waals surface area (Å²) in [5.74, 6) is 0. The Morgan fingerprint density at radius 1 is 1.00 bits per heavy atom. The average molecular weight is 279 g/mol. The molecule has 0 aliphatic rings. The van der Waals surface area contributed by atoms with Crippen molar-refractivity contribution in [3.8, 4) is 0 Å². The van der Waals surface area contributed by atoms with Crippen LogP contribution in [0.15, 0.2) is 54.7 Å². The van der Waals surface area contributed by atoms with Crippen molar-refractivity contribution in [1.29, 1.82) is 0 Å². The highest BCUT2D eigenvalue weighted by atomic mass is 16.1. The first-order valence-electron chi connectivity index (χ1n) is 7.36. The van der Waals surface area contributed by atoms with E-state index >= 15 is 0 Å². The molecule has 0 saturated carbocycles. The number of aryl methyl sites for hydroxylation is 1. The number of nitrogens with zero attached hydrogens (tertiary/aromatic N) is 1. The monoisotopic (exact) mass is 279 g/mol. The second kappa shape index (κ2) is 6.89. The van der Waals surface area contributed by atoms with Crippen molar-refractivity contribution in [2.24, 2.45) is 0 Å². The molecule has 0 aliphatic heterocycles. The number of aromatic nitrogens is 1. The minimum atomic E-state index is 0.753. The van der Waals surface area contributed by atoms with Crippen LogP contribution in [0.4, 0.5) is 0 Å². The number of rotatable bonds is 3. The van der Waals surface area contributed by atoms with Gasteiger partial charge in [-0.3, -0.25) is 4.79 Å². The number of carbonyl (C=O) groups is 1. The minimum absolute atomic E-state index is 0.753. The minimum Gasteiger partial charge on any atom is -0.342 e. The molecule has 0 spiro atoms. The fraction of sp³-hybridized carbons (Fsp3) is 0.211. The molecule has 1 heterocycles. The molecule has 108 valence electrons. The van der Waals surface area contributed by atoms with Crippen LogP contribution < -0.4 is 0 Å². The van der Waals surface area contributed by atoms with Gasteiger partial charge in [-0.1, -0.05) is 61.9 Å². The standard InChI is InChI=1S/C17H15NO.C2H6/c1-13-6-8-14(9-7-13)10-18-11-15(12-19)16-4-2-3-5-17(16)18;1-2/h2-9,11-12H,10H2,1H3;1-2H3. The van der Waals surface area contributed by atoms with Crippen molar-refractivity contribution in [1.82, 2.24) is 4.57 Å². The number of aldehydes is 1. The maximum atomic E-state index is 11.1. The van der Waals surface area contributed by atoms with E-state index in [1.807, 2.05) is 38.2 Å². The Morgan fingerprint density at radius 3 is 2.33 bits per heavy atom. The van der Waals surface area contributed by atoms with Gasteiger partial charge in [0.2, 0.25) is 0 Å². The summed E-state index contributed by atoms with van der Waals surface area (Å²) in [5, 5.41) is 1.02. The number of carbonyl (C=O) groups excluding carboxylic acids is 1. The molecule has 3 aromatic rings. The smallest absolute Gasteiger partial charge is 0.152 e. The molecule has 0 bridgehead atoms. The van der Waals surface area contributed by atoms with Gasteiger partial charge in [0.1, 0.15) is 0 Å². The summed E-state index contributed by atoms with van der Waals surface area (Å²) < 4.78 is 2.13. The molecule has 0 atom stereocenters. The van der Waals surface area contributed by atoms with Crippen molar-refractivity contribution in [2.45, 2.75) is 27.3 Å². The summed E-state index contributed by atoms with van der Waals surface area (Å²) in [6, 6.07) is 16.5. The summed E-state index contributed by atoms with van der Waals surface area (Å²) in [7, 11) is 0. The Morgan fingerprint density at radius 2 is 1.67 bits per heavy atom. The van der Waals surface area contributed by atoms with E-state index in [0.717, 1.165) is 29.3 Å². The summed E-state index contributed by atoms with van der Waals surface area (Å²) in [5.41, 5.74) is 4.35. The topological polar surface area (TPSA) is 22.0 Å². The van der Waals surface area contributed by atoms with Crippen LogP contribution in [0, 0.1) is 6.92 Å². The molecule has 0 unspecified atom stereocenters. The third-order valence-electron chi connectivity index (χ3n) is 3.42. The van der Waals surface area contributed by atoms with Crippen LogP contribution in [0.2, 0.25) is 0 Å². The van der Waals surface area contributed by atoms with Crippen LogP contribution in [0.3, 0.4) is 0 Å². The molecule has 1 aromatic heterocycles. The van der Waals surface area contributed by atoms with E-state index in [9.17, 15) is 4.79 Å². The van der Waals surface area contributed by atoms with Crippen LogP contribution in [0.5, 0.6) is 0 Å². The normalized spacial score (nSPS) is 10.0. The average Bonchev–Trinajstić information content (AvgIpc) is 2.90. The number of para-hydroxylation sites is 1. The van der Waals surface area contributed by atoms with Crippen molar-refractivity contribution in [3.63, 3.8) is 0 Å². The zero-order valence-electron chi connectivity index (χ0n) is 12.8. The van der Waals surface area contributed by atoms with Gasteiger partial charge in [-0.05, 0) is 18.6 Å². The zero-order chi connectivity index (χ0) is 15.2. The second-order valence-electron chi connectivity index (χ2n) is 4.83. The fourth-order valence-corrected chi connectivity index (χ4v) is 2.39. The largest absolute Gasteiger partial charge is 0.342 e. The van der Waals surface area contributed by atoms with Crippen molar-refractivity contribution in [3.05, 3.63) is 71.4 Å². The Kier molecular flexibility index (Phi) is 4.94. The van der Waals surface area contributed by atoms with E-state index in [0.29, 0.717) is 0 Å². The van der Waals surface area contributed by atoms with Gasteiger partial charge in [-0.25, -0.2) is 0 Å². The summed E-state index contributed by atoms with van der Waals surface area (Å²) in [6.45, 7) is 6.87. The van der Waals surface area contributed by atoms with Crippen molar-refractivity contribution in [2.75, 3.05) is 0 Å². The molecule has 0 fully saturated rings. The van der Waals surface area contributed by atoms with Crippen molar-refractivity contribution >= 4 is 17.2 Å². The molecule has 0 N–H and O–H groups in total. The lowest BCUT2D eigenvalue weighted by Gasteiger charge is -2.05. The molecule has 0 aliphatic carbocycles. The predicted octanol–water partition coefficient (Wildman–Crippen LogP) is 4.84. The van der Waals surface area contributed by atoms with Crippen LogP contribution >= 0.6 is 0 Å². The van der Waals surface area contributed by atoms with E-state index in [1.165, 1.54) is 11.1 Å². The van der Waals surface area contributed by atoms with Crippen LogP contribution in [0.1, 0.15) is 35.3 Å². The highest BCUT2D eigenvalue weighted by Gasteiger charge is 2.07. The van der Waals surface area contributed by atoms with Gasteiger partial charge in [0.15, 0.2) is 6.29 Å². The maximum Gasteiger partial charge on any atom is 0.152 e. The number of benzene rings is 2. The van der Waals surface area contributed by atoms with E-state index in [1.54, 1.807) is 0 Å². The third-order valence-corrected chi connectivity index (χ3v) is 3.42. The van der Waals surface area contributed by atoms with Gasteiger partial charge in [-0.15, -0.1) is 0 Å². The van der Waals surface area contributed by atoms with E-state index in [-0.39, 0.29) is 0 Å².